The molecule has 1 aromatic carbocycles. The highest BCUT2D eigenvalue weighted by Crippen LogP contribution is 2.34. The molecular formula is C13H16Cl2O. The average Bonchev–Trinajstić information content (AvgIpc) is 2.62. The minimum Gasteiger partial charge on any atom is -0.377 e. The van der Waals surface area contributed by atoms with Crippen molar-refractivity contribution in [1.82, 2.24) is 0 Å². The van der Waals surface area contributed by atoms with Gasteiger partial charge in [-0.3, -0.25) is 0 Å². The van der Waals surface area contributed by atoms with Crippen molar-refractivity contribution >= 4 is 23.2 Å². The standard InChI is InChI=1S/C13H16Cl2O/c1-8-3-4-16-13(8)9(2)10-5-11(14)7-12(15)6-10/h5-9,13H,3-4H2,1-2H3/t8-,9-,13+/m1/s1. The molecule has 1 saturated heterocycles. The Kier molecular flexibility index (Phi) is 3.78. The van der Waals surface area contributed by atoms with E-state index in [1.165, 1.54) is 0 Å². The van der Waals surface area contributed by atoms with Crippen molar-refractivity contribution in [3.05, 3.63) is 33.8 Å². The average molecular weight is 259 g/mol. The normalized spacial score (nSPS) is 27.0. The summed E-state index contributed by atoms with van der Waals surface area (Å²) in [5.74, 6) is 0.946. The summed E-state index contributed by atoms with van der Waals surface area (Å²) in [6.07, 6.45) is 1.43. The van der Waals surface area contributed by atoms with Crippen LogP contribution in [0.1, 0.15) is 31.7 Å². The van der Waals surface area contributed by atoms with Crippen molar-refractivity contribution in [3.8, 4) is 0 Å². The fraction of sp³-hybridized carbons (Fsp3) is 0.538. The van der Waals surface area contributed by atoms with Crippen LogP contribution in [-0.2, 0) is 4.74 Å². The van der Waals surface area contributed by atoms with Gasteiger partial charge >= 0.3 is 0 Å². The second kappa shape index (κ2) is 4.95. The van der Waals surface area contributed by atoms with Crippen molar-refractivity contribution in [3.63, 3.8) is 0 Å². The minimum atomic E-state index is 0.287. The lowest BCUT2D eigenvalue weighted by Crippen LogP contribution is -2.21. The Hall–Kier alpha value is -0.240. The molecule has 0 radical (unpaired) electrons. The highest BCUT2D eigenvalue weighted by molar-refractivity contribution is 6.34. The summed E-state index contributed by atoms with van der Waals surface area (Å²) in [6, 6.07) is 5.72. The molecule has 1 heterocycles. The van der Waals surface area contributed by atoms with Gasteiger partial charge < -0.3 is 4.74 Å². The predicted octanol–water partition coefficient (Wildman–Crippen LogP) is 4.52. The Morgan fingerprint density at radius 2 is 1.88 bits per heavy atom. The predicted molar refractivity (Wildman–Crippen MR) is 68.4 cm³/mol. The topological polar surface area (TPSA) is 9.23 Å². The fourth-order valence-electron chi connectivity index (χ4n) is 2.38. The molecule has 1 aliphatic heterocycles. The van der Waals surface area contributed by atoms with Gasteiger partial charge in [-0.1, -0.05) is 37.0 Å². The van der Waals surface area contributed by atoms with Crippen LogP contribution in [0, 0.1) is 5.92 Å². The maximum atomic E-state index is 6.01. The van der Waals surface area contributed by atoms with Gasteiger partial charge in [-0.05, 0) is 36.1 Å². The second-order valence-electron chi connectivity index (χ2n) is 4.59. The summed E-state index contributed by atoms with van der Waals surface area (Å²) in [5.41, 5.74) is 1.16. The molecule has 0 spiro atoms. The van der Waals surface area contributed by atoms with Crippen molar-refractivity contribution in [2.45, 2.75) is 32.3 Å². The Bertz CT molecular complexity index is 358. The van der Waals surface area contributed by atoms with Crippen LogP contribution >= 0.6 is 23.2 Å². The zero-order chi connectivity index (χ0) is 11.7. The van der Waals surface area contributed by atoms with E-state index < -0.39 is 0 Å². The lowest BCUT2D eigenvalue weighted by Gasteiger charge is -2.23. The first-order valence-corrected chi connectivity index (χ1v) is 6.41. The van der Waals surface area contributed by atoms with Gasteiger partial charge in [-0.25, -0.2) is 0 Å². The summed E-state index contributed by atoms with van der Waals surface area (Å²) in [4.78, 5) is 0. The maximum absolute atomic E-state index is 6.01. The molecule has 2 rings (SSSR count). The molecular weight excluding hydrogens is 243 g/mol. The van der Waals surface area contributed by atoms with Gasteiger partial charge in [-0.2, -0.15) is 0 Å². The fourth-order valence-corrected chi connectivity index (χ4v) is 2.93. The first-order chi connectivity index (χ1) is 7.58. The molecule has 0 N–H and O–H groups in total. The minimum absolute atomic E-state index is 0.287. The smallest absolute Gasteiger partial charge is 0.0667 e. The van der Waals surface area contributed by atoms with E-state index in [0.717, 1.165) is 18.6 Å². The molecule has 16 heavy (non-hydrogen) atoms. The molecule has 1 aromatic rings. The molecule has 1 nitrogen and oxygen atoms in total. The molecule has 0 aromatic heterocycles. The van der Waals surface area contributed by atoms with Gasteiger partial charge in [0.25, 0.3) is 0 Å². The van der Waals surface area contributed by atoms with Crippen LogP contribution in [0.3, 0.4) is 0 Å². The van der Waals surface area contributed by atoms with E-state index in [1.807, 2.05) is 12.1 Å². The lowest BCUT2D eigenvalue weighted by atomic mass is 9.88. The Labute approximate surface area is 107 Å². The molecule has 88 valence electrons. The molecule has 0 aliphatic carbocycles. The van der Waals surface area contributed by atoms with Crippen molar-refractivity contribution in [2.75, 3.05) is 6.61 Å². The molecule has 3 atom stereocenters. The first kappa shape index (κ1) is 12.2. The number of halogens is 2. The van der Waals surface area contributed by atoms with Crippen molar-refractivity contribution in [1.29, 1.82) is 0 Å². The van der Waals surface area contributed by atoms with Crippen molar-refractivity contribution in [2.24, 2.45) is 5.92 Å². The molecule has 3 heteroatoms. The summed E-state index contributed by atoms with van der Waals surface area (Å²) in [7, 11) is 0. The van der Waals surface area contributed by atoms with Crippen molar-refractivity contribution < 1.29 is 4.74 Å². The van der Waals surface area contributed by atoms with E-state index in [1.54, 1.807) is 6.07 Å². The number of benzene rings is 1. The maximum Gasteiger partial charge on any atom is 0.0667 e. The Morgan fingerprint density at radius 3 is 2.38 bits per heavy atom. The monoisotopic (exact) mass is 258 g/mol. The quantitative estimate of drug-likeness (QED) is 0.758. The SMILES string of the molecule is C[C@@H]1CCO[C@@H]1[C@H](C)c1cc(Cl)cc(Cl)c1. The first-order valence-electron chi connectivity index (χ1n) is 5.65. The Morgan fingerprint density at radius 1 is 1.25 bits per heavy atom. The van der Waals surface area contributed by atoms with Crippen LogP contribution in [0.25, 0.3) is 0 Å². The third kappa shape index (κ3) is 2.53. The van der Waals surface area contributed by atoms with Gasteiger partial charge in [0.2, 0.25) is 0 Å². The second-order valence-corrected chi connectivity index (χ2v) is 5.47. The van der Waals surface area contributed by atoms with E-state index in [9.17, 15) is 0 Å². The Balaban J connectivity index is 2.22. The zero-order valence-corrected chi connectivity index (χ0v) is 11.1. The lowest BCUT2D eigenvalue weighted by molar-refractivity contribution is 0.0757. The third-order valence-electron chi connectivity index (χ3n) is 3.35. The van der Waals surface area contributed by atoms with Crippen LogP contribution in [0.4, 0.5) is 0 Å². The van der Waals surface area contributed by atoms with Crippen LogP contribution in [0.2, 0.25) is 10.0 Å². The summed E-state index contributed by atoms with van der Waals surface area (Å²) >= 11 is 12.0. The largest absolute Gasteiger partial charge is 0.377 e. The highest BCUT2D eigenvalue weighted by atomic mass is 35.5. The van der Waals surface area contributed by atoms with Gasteiger partial charge in [0.15, 0.2) is 0 Å². The summed E-state index contributed by atoms with van der Waals surface area (Å²) < 4.78 is 5.77. The summed E-state index contributed by atoms with van der Waals surface area (Å²) in [6.45, 7) is 5.28. The van der Waals surface area contributed by atoms with E-state index in [4.69, 9.17) is 27.9 Å². The summed E-state index contributed by atoms with van der Waals surface area (Å²) in [5, 5.41) is 1.39. The molecule has 0 unspecified atom stereocenters. The number of hydrogen-bond donors (Lipinski definition) is 0. The van der Waals surface area contributed by atoms with Gasteiger partial charge in [0.05, 0.1) is 6.10 Å². The molecule has 1 aliphatic rings. The van der Waals surface area contributed by atoms with E-state index in [2.05, 4.69) is 13.8 Å². The van der Waals surface area contributed by atoms with Crippen LogP contribution in [0.15, 0.2) is 18.2 Å². The molecule has 0 saturated carbocycles. The van der Waals surface area contributed by atoms with E-state index >= 15 is 0 Å². The van der Waals surface area contributed by atoms with Gasteiger partial charge in [-0.15, -0.1) is 0 Å². The van der Waals surface area contributed by atoms with Crippen LogP contribution in [0.5, 0.6) is 0 Å². The number of hydrogen-bond acceptors (Lipinski definition) is 1. The van der Waals surface area contributed by atoms with Crippen LogP contribution in [-0.4, -0.2) is 12.7 Å². The van der Waals surface area contributed by atoms with Gasteiger partial charge in [0, 0.05) is 22.6 Å². The van der Waals surface area contributed by atoms with Gasteiger partial charge in [0.1, 0.15) is 0 Å². The molecule has 1 fully saturated rings. The van der Waals surface area contributed by atoms with E-state index in [0.29, 0.717) is 21.9 Å². The number of ether oxygens (including phenoxy) is 1. The van der Waals surface area contributed by atoms with Crippen LogP contribution < -0.4 is 0 Å². The number of rotatable bonds is 2. The molecule has 0 amide bonds. The van der Waals surface area contributed by atoms with E-state index in [-0.39, 0.29) is 6.10 Å². The molecule has 0 bridgehead atoms. The third-order valence-corrected chi connectivity index (χ3v) is 3.78. The highest BCUT2D eigenvalue weighted by Gasteiger charge is 2.30. The zero-order valence-electron chi connectivity index (χ0n) is 9.54.